The number of nitrogens with zero attached hydrogens (tertiary/aromatic N) is 4. The fourth-order valence-electron chi connectivity index (χ4n) is 4.85. The van der Waals surface area contributed by atoms with Crippen LogP contribution in [-0.4, -0.2) is 56.6 Å². The van der Waals surface area contributed by atoms with Gasteiger partial charge in [-0.2, -0.15) is 5.26 Å². The lowest BCUT2D eigenvalue weighted by Gasteiger charge is -2.38. The van der Waals surface area contributed by atoms with Crippen LogP contribution in [0.2, 0.25) is 10.0 Å². The van der Waals surface area contributed by atoms with E-state index in [4.69, 9.17) is 32.7 Å². The Hall–Kier alpha value is -3.71. The minimum absolute atomic E-state index is 0.0839. The summed E-state index contributed by atoms with van der Waals surface area (Å²) in [5.41, 5.74) is 3.86. The maximum Gasteiger partial charge on any atom is 0.224 e. The number of carbonyl (C=O) groups is 1. The minimum Gasteiger partial charge on any atom is -0.492 e. The highest BCUT2D eigenvalue weighted by Crippen LogP contribution is 2.44. The number of pyridine rings is 1. The third-order valence-electron chi connectivity index (χ3n) is 6.92. The number of halogens is 2. The molecular formula is C31H36Cl2N6O3. The summed E-state index contributed by atoms with van der Waals surface area (Å²) in [7, 11) is 5.92. The van der Waals surface area contributed by atoms with E-state index in [1.807, 2.05) is 56.1 Å². The zero-order valence-electron chi connectivity index (χ0n) is 24.3. The second-order valence-electron chi connectivity index (χ2n) is 10.4. The van der Waals surface area contributed by atoms with Crippen LogP contribution in [0.4, 0.5) is 17.1 Å². The molecule has 0 bridgehead atoms. The van der Waals surface area contributed by atoms with Crippen molar-refractivity contribution in [2.45, 2.75) is 32.4 Å². The molecule has 0 saturated carbocycles. The number of hydrogen-bond acceptors (Lipinski definition) is 8. The van der Waals surface area contributed by atoms with Crippen molar-refractivity contribution >= 4 is 46.2 Å². The fourth-order valence-corrected chi connectivity index (χ4v) is 5.19. The fraction of sp³-hybridized carbons (Fsp3) is 0.387. The topological polar surface area (TPSA) is 103 Å². The third kappa shape index (κ3) is 7.97. The zero-order chi connectivity index (χ0) is 30.2. The Labute approximate surface area is 257 Å². The van der Waals surface area contributed by atoms with Gasteiger partial charge in [0.25, 0.3) is 0 Å². The van der Waals surface area contributed by atoms with Crippen LogP contribution in [-0.2, 0) is 11.4 Å². The van der Waals surface area contributed by atoms with Crippen molar-refractivity contribution in [2.75, 3.05) is 56.4 Å². The molecule has 1 aliphatic rings. The molecule has 1 aliphatic heterocycles. The molecule has 11 heteroatoms. The molecule has 2 unspecified atom stereocenters. The van der Waals surface area contributed by atoms with Crippen LogP contribution in [0.3, 0.4) is 0 Å². The number of carbonyl (C=O) groups excluding carboxylic acids is 1. The van der Waals surface area contributed by atoms with E-state index < -0.39 is 0 Å². The van der Waals surface area contributed by atoms with Gasteiger partial charge < -0.3 is 29.9 Å². The highest BCUT2D eigenvalue weighted by molar-refractivity contribution is 6.32. The average molecular weight is 612 g/mol. The van der Waals surface area contributed by atoms with Crippen molar-refractivity contribution in [1.29, 1.82) is 5.26 Å². The molecule has 0 radical (unpaired) electrons. The van der Waals surface area contributed by atoms with Crippen molar-refractivity contribution < 1.29 is 14.3 Å². The van der Waals surface area contributed by atoms with E-state index in [1.165, 1.54) is 0 Å². The molecule has 0 saturated heterocycles. The van der Waals surface area contributed by atoms with Gasteiger partial charge in [0.05, 0.1) is 46.1 Å². The Morgan fingerprint density at radius 2 is 1.98 bits per heavy atom. The highest BCUT2D eigenvalue weighted by Gasteiger charge is 2.34. The molecule has 2 atom stereocenters. The molecule has 1 amide bonds. The molecule has 3 aromatic rings. The zero-order valence-corrected chi connectivity index (χ0v) is 25.8. The van der Waals surface area contributed by atoms with E-state index >= 15 is 0 Å². The number of anilines is 3. The van der Waals surface area contributed by atoms with Gasteiger partial charge >= 0.3 is 0 Å². The van der Waals surface area contributed by atoms with E-state index in [0.717, 1.165) is 35.6 Å². The molecule has 0 fully saturated rings. The number of hydrogen-bond donors (Lipinski definition) is 2. The molecule has 4 rings (SSSR count). The normalized spacial score (nSPS) is 16.0. The lowest BCUT2D eigenvalue weighted by Crippen LogP contribution is -2.37. The monoisotopic (exact) mass is 610 g/mol. The van der Waals surface area contributed by atoms with Gasteiger partial charge in [0.1, 0.15) is 18.1 Å². The van der Waals surface area contributed by atoms with Crippen molar-refractivity contribution in [3.8, 4) is 17.6 Å². The van der Waals surface area contributed by atoms with E-state index in [9.17, 15) is 10.1 Å². The van der Waals surface area contributed by atoms with Gasteiger partial charge in [-0.15, -0.1) is 0 Å². The summed E-state index contributed by atoms with van der Waals surface area (Å²) < 4.78 is 11.8. The van der Waals surface area contributed by atoms with Gasteiger partial charge in [-0.05, 0) is 70.4 Å². The number of benzene rings is 2. The molecule has 222 valence electrons. The quantitative estimate of drug-likeness (QED) is 0.243. The summed E-state index contributed by atoms with van der Waals surface area (Å²) in [6, 6.07) is 14.9. The number of ether oxygens (including phenoxy) is 2. The number of nitriles is 1. The Kier molecular flexibility index (Phi) is 10.7. The predicted molar refractivity (Wildman–Crippen MR) is 168 cm³/mol. The Morgan fingerprint density at radius 3 is 2.64 bits per heavy atom. The number of rotatable bonds is 12. The molecular weight excluding hydrogens is 575 g/mol. The molecule has 9 nitrogen and oxygen atoms in total. The molecule has 0 aliphatic carbocycles. The SMILES string of the molecule is CCOc1cc2c(cc1NC(=O)CCCN(C)C)C(Nc1ccc(OCc3ccc(Cl)cn3)c(Cl)c1)C(C#N)CN2C. The number of amides is 1. The number of fused-ring (bicyclic) bond motifs is 1. The Morgan fingerprint density at radius 1 is 1.17 bits per heavy atom. The van der Waals surface area contributed by atoms with Crippen molar-refractivity contribution in [1.82, 2.24) is 9.88 Å². The van der Waals surface area contributed by atoms with Crippen LogP contribution in [0.1, 0.15) is 37.1 Å². The molecule has 2 aromatic carbocycles. The largest absolute Gasteiger partial charge is 0.492 e. The lowest BCUT2D eigenvalue weighted by atomic mass is 9.87. The summed E-state index contributed by atoms with van der Waals surface area (Å²) >= 11 is 12.5. The molecule has 42 heavy (non-hydrogen) atoms. The van der Waals surface area contributed by atoms with Gasteiger partial charge in [-0.3, -0.25) is 9.78 Å². The standard InChI is InChI=1S/C31H36Cl2N6O3/c1-5-41-29-15-27-24(14-26(29)37-30(40)7-6-12-38(2)3)31(20(16-34)18-39(27)4)36-22-10-11-28(25(33)13-22)42-19-23-9-8-21(32)17-35-23/h8-11,13-15,17,20,31,36H,5-7,12,18-19H2,1-4H3,(H,37,40). The molecule has 2 heterocycles. The first-order valence-electron chi connectivity index (χ1n) is 13.8. The summed E-state index contributed by atoms with van der Waals surface area (Å²) in [5, 5.41) is 17.6. The summed E-state index contributed by atoms with van der Waals surface area (Å²) in [5.74, 6) is 0.660. The van der Waals surface area contributed by atoms with E-state index in [0.29, 0.717) is 46.8 Å². The van der Waals surface area contributed by atoms with Crippen molar-refractivity contribution in [3.63, 3.8) is 0 Å². The first-order valence-corrected chi connectivity index (χ1v) is 14.6. The summed E-state index contributed by atoms with van der Waals surface area (Å²) in [4.78, 5) is 21.1. The smallest absolute Gasteiger partial charge is 0.224 e. The van der Waals surface area contributed by atoms with Gasteiger partial charge in [0, 0.05) is 49.2 Å². The van der Waals surface area contributed by atoms with Gasteiger partial charge in [-0.1, -0.05) is 23.2 Å². The molecule has 1 aromatic heterocycles. The third-order valence-corrected chi connectivity index (χ3v) is 7.43. The highest BCUT2D eigenvalue weighted by atomic mass is 35.5. The van der Waals surface area contributed by atoms with E-state index in [1.54, 1.807) is 30.5 Å². The van der Waals surface area contributed by atoms with Crippen LogP contribution >= 0.6 is 23.2 Å². The lowest BCUT2D eigenvalue weighted by molar-refractivity contribution is -0.116. The maximum atomic E-state index is 12.8. The van der Waals surface area contributed by atoms with Crippen LogP contribution in [0.25, 0.3) is 0 Å². The van der Waals surface area contributed by atoms with Crippen LogP contribution in [0, 0.1) is 17.2 Å². The van der Waals surface area contributed by atoms with Crippen LogP contribution in [0.15, 0.2) is 48.7 Å². The van der Waals surface area contributed by atoms with Gasteiger partial charge in [0.2, 0.25) is 5.91 Å². The Bertz CT molecular complexity index is 1430. The minimum atomic E-state index is -0.366. The first-order chi connectivity index (χ1) is 20.2. The number of nitrogens with one attached hydrogen (secondary N) is 2. The maximum absolute atomic E-state index is 12.8. The first kappa shape index (κ1) is 31.2. The van der Waals surface area contributed by atoms with Crippen LogP contribution < -0.4 is 25.0 Å². The summed E-state index contributed by atoms with van der Waals surface area (Å²) in [6.07, 6.45) is 2.71. The second kappa shape index (κ2) is 14.5. The van der Waals surface area contributed by atoms with Crippen molar-refractivity contribution in [2.24, 2.45) is 5.92 Å². The molecule has 0 spiro atoms. The van der Waals surface area contributed by atoms with Crippen molar-refractivity contribution in [3.05, 3.63) is 70.0 Å². The van der Waals surface area contributed by atoms with E-state index in [-0.39, 0.29) is 24.5 Å². The predicted octanol–water partition coefficient (Wildman–Crippen LogP) is 6.39. The van der Waals surface area contributed by atoms with Gasteiger partial charge in [0.15, 0.2) is 0 Å². The second-order valence-corrected chi connectivity index (χ2v) is 11.3. The Balaban J connectivity index is 1.57. The summed E-state index contributed by atoms with van der Waals surface area (Å²) in [6.45, 7) is 3.95. The number of aromatic nitrogens is 1. The van der Waals surface area contributed by atoms with Gasteiger partial charge in [-0.25, -0.2) is 0 Å². The molecule has 2 N–H and O–H groups in total. The van der Waals surface area contributed by atoms with E-state index in [2.05, 4.69) is 21.7 Å². The van der Waals surface area contributed by atoms with Crippen LogP contribution in [0.5, 0.6) is 11.5 Å². The average Bonchev–Trinajstić information content (AvgIpc) is 2.95.